The van der Waals surface area contributed by atoms with Crippen LogP contribution in [0.4, 0.5) is 0 Å². The first-order valence-electron chi connectivity index (χ1n) is 7.19. The van der Waals surface area contributed by atoms with Gasteiger partial charge in [0.2, 0.25) is 4.96 Å². The molecule has 0 spiro atoms. The van der Waals surface area contributed by atoms with E-state index >= 15 is 0 Å². The van der Waals surface area contributed by atoms with Gasteiger partial charge in [0.25, 0.3) is 0 Å². The van der Waals surface area contributed by atoms with Gasteiger partial charge < -0.3 is 4.74 Å². The Bertz CT molecular complexity index is 989. The summed E-state index contributed by atoms with van der Waals surface area (Å²) in [5.41, 5.74) is 3.20. The summed E-state index contributed by atoms with van der Waals surface area (Å²) in [5, 5.41) is 14.1. The van der Waals surface area contributed by atoms with Crippen LogP contribution in [0.25, 0.3) is 26.9 Å². The van der Waals surface area contributed by atoms with Gasteiger partial charge in [-0.25, -0.2) is 0 Å². The van der Waals surface area contributed by atoms with E-state index in [4.69, 9.17) is 9.84 Å². The normalized spacial score (nSPS) is 11.0. The molecule has 0 bridgehead atoms. The van der Waals surface area contributed by atoms with Crippen LogP contribution in [0.2, 0.25) is 0 Å². The molecule has 0 radical (unpaired) electrons. The molecule has 114 valence electrons. The quantitative estimate of drug-likeness (QED) is 0.575. The van der Waals surface area contributed by atoms with E-state index in [-0.39, 0.29) is 0 Å². The molecule has 4 rings (SSSR count). The van der Waals surface area contributed by atoms with Gasteiger partial charge in [-0.3, -0.25) is 0 Å². The van der Waals surface area contributed by atoms with Gasteiger partial charge >= 0.3 is 0 Å². The fraction of sp³-hybridized carbons (Fsp3) is 0.118. The third-order valence-corrected chi connectivity index (χ3v) is 4.64. The number of hydrogen-bond acceptors (Lipinski definition) is 5. The van der Waals surface area contributed by atoms with Crippen LogP contribution in [0.15, 0.2) is 48.5 Å². The second-order valence-corrected chi connectivity index (χ2v) is 6.13. The van der Waals surface area contributed by atoms with Crippen LogP contribution in [-0.4, -0.2) is 26.9 Å². The van der Waals surface area contributed by atoms with Gasteiger partial charge in [0, 0.05) is 11.1 Å². The van der Waals surface area contributed by atoms with Gasteiger partial charge in [0.05, 0.1) is 7.11 Å². The molecular weight excluding hydrogens is 308 g/mol. The third kappa shape index (κ3) is 2.37. The Morgan fingerprint density at radius 3 is 2.74 bits per heavy atom. The molecule has 2 aromatic heterocycles. The highest BCUT2D eigenvalue weighted by molar-refractivity contribution is 7.19. The van der Waals surface area contributed by atoms with Crippen molar-refractivity contribution < 1.29 is 4.74 Å². The zero-order valence-corrected chi connectivity index (χ0v) is 13.5. The minimum absolute atomic E-state index is 0.767. The van der Waals surface area contributed by atoms with Crippen molar-refractivity contribution >= 4 is 16.3 Å². The summed E-state index contributed by atoms with van der Waals surface area (Å²) in [6.45, 7) is 2.06. The number of fused-ring (bicyclic) bond motifs is 1. The molecule has 0 saturated heterocycles. The summed E-state index contributed by atoms with van der Waals surface area (Å²) in [6, 6.07) is 16.0. The Morgan fingerprint density at radius 1 is 1.04 bits per heavy atom. The molecule has 0 amide bonds. The van der Waals surface area contributed by atoms with Crippen LogP contribution < -0.4 is 4.74 Å². The van der Waals surface area contributed by atoms with Crippen molar-refractivity contribution in [1.82, 2.24) is 19.8 Å². The zero-order chi connectivity index (χ0) is 15.8. The Morgan fingerprint density at radius 2 is 1.91 bits per heavy atom. The van der Waals surface area contributed by atoms with Crippen molar-refractivity contribution in [3.8, 4) is 27.7 Å². The molecule has 0 saturated carbocycles. The number of aromatic nitrogens is 4. The predicted octanol–water partition coefficient (Wildman–Crippen LogP) is 3.84. The SMILES string of the molecule is COc1cccc(-c2nn3c(-c4ccccc4C)nnc3s2)c1. The fourth-order valence-corrected chi connectivity index (χ4v) is 3.32. The molecule has 6 heteroatoms. The van der Waals surface area contributed by atoms with Crippen molar-refractivity contribution in [3.63, 3.8) is 0 Å². The molecule has 0 N–H and O–H groups in total. The average molecular weight is 322 g/mol. The highest BCUT2D eigenvalue weighted by Gasteiger charge is 2.15. The maximum Gasteiger partial charge on any atom is 0.235 e. The van der Waals surface area contributed by atoms with Gasteiger partial charge in [-0.2, -0.15) is 9.61 Å². The van der Waals surface area contributed by atoms with Gasteiger partial charge in [-0.1, -0.05) is 47.7 Å². The Kier molecular flexibility index (Phi) is 3.31. The number of ether oxygens (including phenoxy) is 1. The summed E-state index contributed by atoms with van der Waals surface area (Å²) in [4.78, 5) is 0.779. The van der Waals surface area contributed by atoms with E-state index in [1.54, 1.807) is 7.11 Å². The molecule has 0 aliphatic rings. The van der Waals surface area contributed by atoms with E-state index in [0.29, 0.717) is 0 Å². The van der Waals surface area contributed by atoms with E-state index in [9.17, 15) is 0 Å². The van der Waals surface area contributed by atoms with Crippen LogP contribution in [0.5, 0.6) is 5.75 Å². The van der Waals surface area contributed by atoms with Crippen LogP contribution >= 0.6 is 11.3 Å². The lowest BCUT2D eigenvalue weighted by atomic mass is 10.1. The van der Waals surface area contributed by atoms with E-state index in [0.717, 1.165) is 38.2 Å². The van der Waals surface area contributed by atoms with Gasteiger partial charge in [-0.05, 0) is 24.6 Å². The second-order valence-electron chi connectivity index (χ2n) is 5.17. The number of hydrogen-bond donors (Lipinski definition) is 0. The maximum atomic E-state index is 5.28. The highest BCUT2D eigenvalue weighted by Crippen LogP contribution is 2.30. The first kappa shape index (κ1) is 13.9. The average Bonchev–Trinajstić information content (AvgIpc) is 3.16. The van der Waals surface area contributed by atoms with Gasteiger partial charge in [0.1, 0.15) is 10.8 Å². The van der Waals surface area contributed by atoms with Crippen molar-refractivity contribution in [2.45, 2.75) is 6.92 Å². The van der Waals surface area contributed by atoms with Gasteiger partial charge in [0.15, 0.2) is 5.82 Å². The van der Waals surface area contributed by atoms with Crippen molar-refractivity contribution in [2.24, 2.45) is 0 Å². The first-order valence-corrected chi connectivity index (χ1v) is 8.00. The number of benzene rings is 2. The second kappa shape index (κ2) is 5.48. The maximum absolute atomic E-state index is 5.28. The highest BCUT2D eigenvalue weighted by atomic mass is 32.1. The monoisotopic (exact) mass is 322 g/mol. The van der Waals surface area contributed by atoms with Crippen molar-refractivity contribution in [3.05, 3.63) is 54.1 Å². The molecule has 2 heterocycles. The van der Waals surface area contributed by atoms with Crippen molar-refractivity contribution in [1.29, 1.82) is 0 Å². The molecule has 0 aliphatic heterocycles. The molecule has 0 aliphatic carbocycles. The smallest absolute Gasteiger partial charge is 0.235 e. The summed E-state index contributed by atoms with van der Waals surface area (Å²) >= 11 is 1.51. The molecule has 0 fully saturated rings. The van der Waals surface area contributed by atoms with Crippen molar-refractivity contribution in [2.75, 3.05) is 7.11 Å². The lowest BCUT2D eigenvalue weighted by molar-refractivity contribution is 0.415. The zero-order valence-electron chi connectivity index (χ0n) is 12.7. The molecule has 4 aromatic rings. The van der Waals surface area contributed by atoms with Crippen LogP contribution in [0.3, 0.4) is 0 Å². The Hall–Kier alpha value is -2.73. The minimum Gasteiger partial charge on any atom is -0.497 e. The molecule has 0 unspecified atom stereocenters. The fourth-order valence-electron chi connectivity index (χ4n) is 2.48. The minimum atomic E-state index is 0.767. The number of aryl methyl sites for hydroxylation is 1. The summed E-state index contributed by atoms with van der Waals surface area (Å²) < 4.78 is 7.09. The van der Waals surface area contributed by atoms with Gasteiger partial charge in [-0.15, -0.1) is 10.2 Å². The predicted molar refractivity (Wildman–Crippen MR) is 90.8 cm³/mol. The molecule has 2 aromatic carbocycles. The molecule has 0 atom stereocenters. The lowest BCUT2D eigenvalue weighted by Gasteiger charge is -2.02. The van der Waals surface area contributed by atoms with E-state index < -0.39 is 0 Å². The summed E-state index contributed by atoms with van der Waals surface area (Å²) in [6.07, 6.45) is 0. The van der Waals surface area contributed by atoms with E-state index in [1.165, 1.54) is 11.3 Å². The topological polar surface area (TPSA) is 52.3 Å². The van der Waals surface area contributed by atoms with Crippen LogP contribution in [0.1, 0.15) is 5.56 Å². The Labute approximate surface area is 137 Å². The Balaban J connectivity index is 1.85. The number of methoxy groups -OCH3 is 1. The summed E-state index contributed by atoms with van der Waals surface area (Å²) in [7, 11) is 1.66. The van der Waals surface area contributed by atoms with Crippen LogP contribution in [-0.2, 0) is 0 Å². The lowest BCUT2D eigenvalue weighted by Crippen LogP contribution is -1.93. The molecular formula is C17H14N4OS. The van der Waals surface area contributed by atoms with E-state index in [2.05, 4.69) is 23.2 Å². The number of rotatable bonds is 3. The molecule has 23 heavy (non-hydrogen) atoms. The molecule has 5 nitrogen and oxygen atoms in total. The van der Waals surface area contributed by atoms with E-state index in [1.807, 2.05) is 47.0 Å². The third-order valence-electron chi connectivity index (χ3n) is 3.69. The number of nitrogens with zero attached hydrogens (tertiary/aromatic N) is 4. The largest absolute Gasteiger partial charge is 0.497 e. The first-order chi connectivity index (χ1) is 11.3. The standard InChI is InChI=1S/C17H14N4OS/c1-11-6-3-4-9-14(11)15-18-19-17-21(15)20-16(23-17)12-7-5-8-13(10-12)22-2/h3-10H,1-2H3. The summed E-state index contributed by atoms with van der Waals surface area (Å²) in [5.74, 6) is 1.58. The van der Waals surface area contributed by atoms with Crippen LogP contribution in [0, 0.1) is 6.92 Å².